The van der Waals surface area contributed by atoms with Gasteiger partial charge in [0.25, 0.3) is 0 Å². The van der Waals surface area contributed by atoms with Gasteiger partial charge in [-0.15, -0.1) is 0 Å². The number of aliphatic hydroxyl groups excluding tert-OH is 6. The van der Waals surface area contributed by atoms with Crippen LogP contribution in [0.5, 0.6) is 0 Å². The topological polar surface area (TPSA) is 169 Å². The summed E-state index contributed by atoms with van der Waals surface area (Å²) >= 11 is 0. The predicted octanol–water partition coefficient (Wildman–Crippen LogP) is 6.59. The minimum absolute atomic E-state index is 0.160. The number of nitrogens with one attached hydrogen (secondary N) is 1. The van der Waals surface area contributed by atoms with E-state index in [-0.39, 0.29) is 6.61 Å². The Bertz CT molecular complexity index is 960. The number of imidazole rings is 1. The van der Waals surface area contributed by atoms with E-state index < -0.39 is 55.4 Å². The number of hydrogen-bond acceptors (Lipinski definition) is 9. The van der Waals surface area contributed by atoms with Crippen LogP contribution in [0.15, 0.2) is 6.20 Å². The molecule has 10 heteroatoms. The number of H-pyrrole nitrogens is 1. The van der Waals surface area contributed by atoms with Crippen molar-refractivity contribution in [1.29, 1.82) is 0 Å². The van der Waals surface area contributed by atoms with E-state index in [0.717, 1.165) is 50.1 Å². The highest BCUT2D eigenvalue weighted by molar-refractivity contribution is 5.09. The van der Waals surface area contributed by atoms with E-state index in [1.165, 1.54) is 116 Å². The van der Waals surface area contributed by atoms with Gasteiger partial charge in [0, 0.05) is 11.9 Å². The molecule has 0 bridgehead atoms. The molecule has 1 aromatic heterocycles. The Morgan fingerprint density at radius 1 is 0.760 bits per heavy atom. The van der Waals surface area contributed by atoms with E-state index in [0.29, 0.717) is 12.2 Å². The molecule has 0 amide bonds. The molecule has 1 aliphatic carbocycles. The van der Waals surface area contributed by atoms with Crippen molar-refractivity contribution >= 4 is 0 Å². The van der Waals surface area contributed by atoms with Gasteiger partial charge in [0.1, 0.15) is 30.2 Å². The molecule has 1 saturated carbocycles. The second kappa shape index (κ2) is 25.8. The predicted molar refractivity (Wildman–Crippen MR) is 197 cm³/mol. The van der Waals surface area contributed by atoms with Crippen molar-refractivity contribution in [3.63, 3.8) is 0 Å². The summed E-state index contributed by atoms with van der Waals surface area (Å²) in [6.07, 6.45) is 22.9. The van der Waals surface area contributed by atoms with Crippen molar-refractivity contribution in [1.82, 2.24) is 9.97 Å². The molecule has 0 aromatic carbocycles. The van der Waals surface area contributed by atoms with Gasteiger partial charge in [-0.1, -0.05) is 148 Å². The van der Waals surface area contributed by atoms with Crippen LogP contribution < -0.4 is 0 Å². The zero-order valence-electron chi connectivity index (χ0n) is 31.3. The molecule has 2 aliphatic rings. The summed E-state index contributed by atoms with van der Waals surface area (Å²) in [4.78, 5) is 7.90. The van der Waals surface area contributed by atoms with Crippen LogP contribution in [-0.4, -0.2) is 96.7 Å². The second-order valence-corrected chi connectivity index (χ2v) is 15.5. The van der Waals surface area contributed by atoms with Crippen LogP contribution in [0.25, 0.3) is 0 Å². The molecular formula is C40H74N2O8. The maximum atomic E-state index is 11.4. The summed E-state index contributed by atoms with van der Waals surface area (Å²) in [7, 11) is 0. The van der Waals surface area contributed by atoms with Crippen LogP contribution in [0.2, 0.25) is 0 Å². The smallest absolute Gasteiger partial charge is 0.186 e. The van der Waals surface area contributed by atoms with Gasteiger partial charge in [-0.3, -0.25) is 0 Å². The average Bonchev–Trinajstić information content (AvgIpc) is 3.84. The summed E-state index contributed by atoms with van der Waals surface area (Å²) in [5.41, 5.74) is 0.959. The molecule has 2 fully saturated rings. The van der Waals surface area contributed by atoms with Crippen molar-refractivity contribution in [3.8, 4) is 0 Å². The number of ether oxygens (including phenoxy) is 2. The molecule has 1 aromatic rings. The zero-order valence-corrected chi connectivity index (χ0v) is 31.3. The Morgan fingerprint density at radius 3 is 1.90 bits per heavy atom. The van der Waals surface area contributed by atoms with Gasteiger partial charge in [-0.2, -0.15) is 0 Å². The molecule has 2 heterocycles. The fraction of sp³-hybridized carbons (Fsp3) is 0.925. The van der Waals surface area contributed by atoms with Crippen molar-refractivity contribution < 1.29 is 40.1 Å². The Hall–Kier alpha value is -1.11. The quantitative estimate of drug-likeness (QED) is 0.0421. The maximum absolute atomic E-state index is 11.4. The Balaban J connectivity index is 1.43. The van der Waals surface area contributed by atoms with Gasteiger partial charge in [0.05, 0.1) is 31.3 Å². The van der Waals surface area contributed by atoms with E-state index in [4.69, 9.17) is 9.47 Å². The number of aromatic nitrogens is 2. The van der Waals surface area contributed by atoms with Crippen LogP contribution in [0, 0.1) is 5.92 Å². The van der Waals surface area contributed by atoms with Gasteiger partial charge in [-0.05, 0) is 25.2 Å². The van der Waals surface area contributed by atoms with E-state index in [1.807, 2.05) is 0 Å². The number of aliphatic hydroxyl groups is 6. The highest BCUT2D eigenvalue weighted by atomic mass is 16.7. The first-order valence-electron chi connectivity index (χ1n) is 20.7. The third kappa shape index (κ3) is 16.7. The largest absolute Gasteiger partial charge is 0.394 e. The molecule has 292 valence electrons. The number of unbranched alkanes of at least 4 members (excludes halogenated alkanes) is 18. The fourth-order valence-electron chi connectivity index (χ4n) is 7.28. The molecule has 1 aliphatic heterocycles. The average molecular weight is 711 g/mol. The first-order chi connectivity index (χ1) is 24.3. The van der Waals surface area contributed by atoms with Gasteiger partial charge >= 0.3 is 0 Å². The first-order valence-corrected chi connectivity index (χ1v) is 20.7. The fourth-order valence-corrected chi connectivity index (χ4v) is 7.28. The zero-order chi connectivity index (χ0) is 36.0. The Morgan fingerprint density at radius 2 is 1.32 bits per heavy atom. The van der Waals surface area contributed by atoms with Crippen LogP contribution in [0.1, 0.15) is 178 Å². The number of rotatable bonds is 31. The van der Waals surface area contributed by atoms with Gasteiger partial charge in [-0.25, -0.2) is 4.98 Å². The summed E-state index contributed by atoms with van der Waals surface area (Å²) in [5, 5.41) is 62.8. The van der Waals surface area contributed by atoms with Crippen LogP contribution in [-0.2, 0) is 15.9 Å². The van der Waals surface area contributed by atoms with Crippen LogP contribution in [0.3, 0.4) is 0 Å². The number of nitrogens with zero attached hydrogens (tertiary/aromatic N) is 1. The van der Waals surface area contributed by atoms with Crippen LogP contribution >= 0.6 is 0 Å². The van der Waals surface area contributed by atoms with E-state index in [2.05, 4.69) is 16.9 Å². The van der Waals surface area contributed by atoms with E-state index in [1.54, 1.807) is 6.20 Å². The molecule has 0 radical (unpaired) electrons. The molecule has 50 heavy (non-hydrogen) atoms. The highest BCUT2D eigenvalue weighted by Gasteiger charge is 2.44. The second-order valence-electron chi connectivity index (χ2n) is 15.5. The summed E-state index contributed by atoms with van der Waals surface area (Å²) in [5.74, 6) is 0.779. The van der Waals surface area contributed by atoms with Gasteiger partial charge < -0.3 is 45.1 Å². The standard InChI is InChI=1S/C40H74N2O8/c1-2-3-4-5-6-7-8-9-10-15-18-21-24-33(44)35(45)32(29-49-40-38(48)37(47)36(46)34(28-43)50-40)39-41-27-31(42-39)23-20-17-14-12-11-13-16-19-22-30-25-26-30/h27,30,32-38,40,43-48H,2-26,28-29H2,1H3,(H,41,42)/t32-,33+,34?,35-,36?,37?,38?,40?/m0/s1. The molecule has 3 rings (SSSR count). The first kappa shape index (κ1) is 43.3. The van der Waals surface area contributed by atoms with E-state index in [9.17, 15) is 30.6 Å². The lowest BCUT2D eigenvalue weighted by molar-refractivity contribution is -0.303. The van der Waals surface area contributed by atoms with Crippen molar-refractivity contribution in [2.45, 2.75) is 216 Å². The number of aryl methyl sites for hydroxylation is 1. The molecule has 10 nitrogen and oxygen atoms in total. The molecule has 0 spiro atoms. The third-order valence-corrected chi connectivity index (χ3v) is 11.0. The van der Waals surface area contributed by atoms with Gasteiger partial charge in [0.15, 0.2) is 6.29 Å². The van der Waals surface area contributed by atoms with Gasteiger partial charge in [0.2, 0.25) is 0 Å². The lowest BCUT2D eigenvalue weighted by atomic mass is 9.94. The van der Waals surface area contributed by atoms with Crippen LogP contribution in [0.4, 0.5) is 0 Å². The molecular weight excluding hydrogens is 636 g/mol. The molecule has 1 saturated heterocycles. The van der Waals surface area contributed by atoms with Crippen molar-refractivity contribution in [2.24, 2.45) is 5.92 Å². The van der Waals surface area contributed by atoms with Crippen molar-refractivity contribution in [2.75, 3.05) is 13.2 Å². The normalized spacial score (nSPS) is 24.4. The summed E-state index contributed by atoms with van der Waals surface area (Å²) in [6.45, 7) is 1.53. The molecule has 7 N–H and O–H groups in total. The summed E-state index contributed by atoms with van der Waals surface area (Å²) in [6, 6.07) is 0. The molecule has 5 unspecified atom stereocenters. The number of hydrogen-bond donors (Lipinski definition) is 7. The highest BCUT2D eigenvalue weighted by Crippen LogP contribution is 2.34. The van der Waals surface area contributed by atoms with Crippen molar-refractivity contribution in [3.05, 3.63) is 17.7 Å². The van der Waals surface area contributed by atoms with E-state index >= 15 is 0 Å². The Kier molecular flexibility index (Phi) is 22.3. The maximum Gasteiger partial charge on any atom is 0.186 e. The third-order valence-electron chi connectivity index (χ3n) is 11.0. The minimum atomic E-state index is -1.56. The minimum Gasteiger partial charge on any atom is -0.394 e. The molecule has 8 atom stereocenters. The summed E-state index contributed by atoms with van der Waals surface area (Å²) < 4.78 is 11.4. The Labute approximate surface area is 302 Å². The SMILES string of the molecule is CCCCCCCCCCCCCC[C@@H](O)[C@@H](O)[C@H](COC1OC(CO)C(O)C(O)C1O)c1ncc(CCCCCCCCCCC2CC2)[nH]1. The lowest BCUT2D eigenvalue weighted by Crippen LogP contribution is -2.59. The number of aromatic amines is 1. The monoisotopic (exact) mass is 711 g/mol. The lowest BCUT2D eigenvalue weighted by Gasteiger charge is -2.40.